The lowest BCUT2D eigenvalue weighted by molar-refractivity contribution is 0.206. The Labute approximate surface area is 137 Å². The topological polar surface area (TPSA) is 15.6 Å². The summed E-state index contributed by atoms with van der Waals surface area (Å²) in [6.45, 7) is 3.20. The molecule has 0 spiro atoms. The van der Waals surface area contributed by atoms with Gasteiger partial charge in [0, 0.05) is 25.2 Å². The Morgan fingerprint density at radius 2 is 1.55 bits per heavy atom. The molecule has 2 nitrogen and oxygen atoms in total. The summed E-state index contributed by atoms with van der Waals surface area (Å²) in [5.41, 5.74) is 2.39. The number of rotatable bonds is 4. The summed E-state index contributed by atoms with van der Waals surface area (Å²) in [6.07, 6.45) is 2.16. The fraction of sp³-hybridized carbons (Fsp3) is 0.316. The van der Waals surface area contributed by atoms with Gasteiger partial charge in [-0.2, -0.15) is 0 Å². The highest BCUT2D eigenvalue weighted by molar-refractivity contribution is 6.69. The summed E-state index contributed by atoms with van der Waals surface area (Å²) in [5.74, 6) is 0. The summed E-state index contributed by atoms with van der Waals surface area (Å²) < 4.78 is 0. The molecule has 0 aromatic heterocycles. The Bertz CT molecular complexity index is 602. The van der Waals surface area contributed by atoms with E-state index in [9.17, 15) is 0 Å². The quantitative estimate of drug-likeness (QED) is 0.767. The molecule has 1 heterocycles. The first kappa shape index (κ1) is 15.3. The molecule has 0 radical (unpaired) electrons. The summed E-state index contributed by atoms with van der Waals surface area (Å²) in [5, 5.41) is 0.641. The summed E-state index contributed by atoms with van der Waals surface area (Å²) in [6, 6.07) is 21.0. The van der Waals surface area contributed by atoms with Gasteiger partial charge in [-0.15, -0.1) is 0 Å². The van der Waals surface area contributed by atoms with Gasteiger partial charge in [0.25, 0.3) is 0 Å². The first-order chi connectivity index (χ1) is 10.8. The van der Waals surface area contributed by atoms with Gasteiger partial charge in [0.15, 0.2) is 0 Å². The molecule has 2 aromatic rings. The zero-order valence-electron chi connectivity index (χ0n) is 12.7. The molecule has 1 saturated heterocycles. The third-order valence-corrected chi connectivity index (χ3v) is 4.43. The van der Waals surface area contributed by atoms with Gasteiger partial charge in [-0.3, -0.25) is 9.89 Å². The molecule has 1 aliphatic rings. The molecular weight excluding hydrogens is 292 g/mol. The standard InChI is InChI=1S/C19H21ClN2/c20-19(17-9-5-2-6-10-17)21-18-11-13-22(14-12-18)15-16-7-3-1-4-8-16/h1-10,18H,11-15H2. The van der Waals surface area contributed by atoms with Crippen LogP contribution in [0.3, 0.4) is 0 Å². The Hall–Kier alpha value is -1.64. The number of benzene rings is 2. The van der Waals surface area contributed by atoms with E-state index in [2.05, 4.69) is 35.2 Å². The highest BCUT2D eigenvalue weighted by atomic mass is 35.5. The summed E-state index contributed by atoms with van der Waals surface area (Å²) in [4.78, 5) is 7.20. The number of hydrogen-bond acceptors (Lipinski definition) is 2. The van der Waals surface area contributed by atoms with E-state index >= 15 is 0 Å². The second-order valence-electron chi connectivity index (χ2n) is 5.78. The normalized spacial score (nSPS) is 17.6. The molecule has 2 aromatic carbocycles. The molecule has 3 rings (SSSR count). The van der Waals surface area contributed by atoms with Crippen LogP contribution in [-0.2, 0) is 6.54 Å². The van der Waals surface area contributed by atoms with Gasteiger partial charge in [0.2, 0.25) is 0 Å². The number of nitrogens with zero attached hydrogens (tertiary/aromatic N) is 2. The predicted octanol–water partition coefficient (Wildman–Crippen LogP) is 4.34. The lowest BCUT2D eigenvalue weighted by atomic mass is 10.0. The molecule has 0 amide bonds. The van der Waals surface area contributed by atoms with Crippen LogP contribution in [0.25, 0.3) is 0 Å². The van der Waals surface area contributed by atoms with Crippen LogP contribution < -0.4 is 0 Å². The third-order valence-electron chi connectivity index (χ3n) is 4.11. The van der Waals surface area contributed by atoms with Crippen LogP contribution in [0.5, 0.6) is 0 Å². The van der Waals surface area contributed by atoms with Crippen LogP contribution in [0, 0.1) is 0 Å². The Kier molecular flexibility index (Phi) is 5.25. The molecule has 0 saturated carbocycles. The smallest absolute Gasteiger partial charge is 0.131 e. The molecule has 0 bridgehead atoms. The molecule has 1 aliphatic heterocycles. The monoisotopic (exact) mass is 312 g/mol. The van der Waals surface area contributed by atoms with Crippen LogP contribution in [0.4, 0.5) is 0 Å². The van der Waals surface area contributed by atoms with Crippen molar-refractivity contribution in [3.8, 4) is 0 Å². The first-order valence-electron chi connectivity index (χ1n) is 7.86. The highest BCUT2D eigenvalue weighted by Crippen LogP contribution is 2.18. The van der Waals surface area contributed by atoms with E-state index < -0.39 is 0 Å². The maximum Gasteiger partial charge on any atom is 0.131 e. The van der Waals surface area contributed by atoms with Gasteiger partial charge in [-0.25, -0.2) is 0 Å². The predicted molar refractivity (Wildman–Crippen MR) is 93.6 cm³/mol. The minimum atomic E-state index is 0.347. The summed E-state index contributed by atoms with van der Waals surface area (Å²) >= 11 is 6.34. The van der Waals surface area contributed by atoms with Gasteiger partial charge in [0.05, 0.1) is 6.04 Å². The van der Waals surface area contributed by atoms with Gasteiger partial charge >= 0.3 is 0 Å². The maximum absolute atomic E-state index is 6.34. The Balaban J connectivity index is 1.53. The molecule has 3 heteroatoms. The molecule has 0 aliphatic carbocycles. The van der Waals surface area contributed by atoms with Crippen LogP contribution in [-0.4, -0.2) is 29.2 Å². The van der Waals surface area contributed by atoms with Crippen molar-refractivity contribution in [3.63, 3.8) is 0 Å². The van der Waals surface area contributed by atoms with Crippen molar-refractivity contribution in [2.24, 2.45) is 4.99 Å². The average molecular weight is 313 g/mol. The zero-order valence-corrected chi connectivity index (χ0v) is 13.4. The van der Waals surface area contributed by atoms with E-state index in [1.807, 2.05) is 30.3 Å². The molecule has 114 valence electrons. The largest absolute Gasteiger partial charge is 0.299 e. The van der Waals surface area contributed by atoms with E-state index in [1.165, 1.54) is 5.56 Å². The number of aliphatic imine (C=N–C) groups is 1. The van der Waals surface area contributed by atoms with Gasteiger partial charge in [-0.1, -0.05) is 72.3 Å². The Morgan fingerprint density at radius 1 is 0.955 bits per heavy atom. The average Bonchev–Trinajstić information content (AvgIpc) is 2.58. The van der Waals surface area contributed by atoms with E-state index in [-0.39, 0.29) is 0 Å². The lowest BCUT2D eigenvalue weighted by Crippen LogP contribution is -2.35. The molecule has 0 unspecified atom stereocenters. The fourth-order valence-electron chi connectivity index (χ4n) is 2.86. The highest BCUT2D eigenvalue weighted by Gasteiger charge is 2.19. The fourth-order valence-corrected chi connectivity index (χ4v) is 3.12. The molecule has 1 fully saturated rings. The minimum absolute atomic E-state index is 0.347. The van der Waals surface area contributed by atoms with Gasteiger partial charge < -0.3 is 0 Å². The molecule has 0 N–H and O–H groups in total. The van der Waals surface area contributed by atoms with Crippen molar-refractivity contribution >= 4 is 16.8 Å². The van der Waals surface area contributed by atoms with Gasteiger partial charge in [0.1, 0.15) is 5.17 Å². The molecule has 0 atom stereocenters. The van der Waals surface area contributed by atoms with Crippen molar-refractivity contribution in [2.45, 2.75) is 25.4 Å². The Morgan fingerprint density at radius 3 is 2.18 bits per heavy atom. The summed E-state index contributed by atoms with van der Waals surface area (Å²) in [7, 11) is 0. The van der Waals surface area contributed by atoms with Crippen LogP contribution >= 0.6 is 11.6 Å². The van der Waals surface area contributed by atoms with Crippen molar-refractivity contribution in [1.29, 1.82) is 0 Å². The number of hydrogen-bond donors (Lipinski definition) is 0. The number of likely N-dealkylation sites (tertiary alicyclic amines) is 1. The SMILES string of the molecule is ClC(=NC1CCN(Cc2ccccc2)CC1)c1ccccc1. The maximum atomic E-state index is 6.34. The molecular formula is C19H21ClN2. The van der Waals surface area contributed by atoms with Crippen molar-refractivity contribution in [3.05, 3.63) is 71.8 Å². The third kappa shape index (κ3) is 4.19. The number of halogens is 1. The van der Waals surface area contributed by atoms with Crippen molar-refractivity contribution < 1.29 is 0 Å². The lowest BCUT2D eigenvalue weighted by Gasteiger charge is -2.30. The van der Waals surface area contributed by atoms with E-state index in [0.717, 1.165) is 38.0 Å². The molecule has 22 heavy (non-hydrogen) atoms. The minimum Gasteiger partial charge on any atom is -0.299 e. The number of piperidine rings is 1. The van der Waals surface area contributed by atoms with Crippen molar-refractivity contribution in [2.75, 3.05) is 13.1 Å². The first-order valence-corrected chi connectivity index (χ1v) is 8.24. The van der Waals surface area contributed by atoms with Crippen LogP contribution in [0.15, 0.2) is 65.7 Å². The van der Waals surface area contributed by atoms with Crippen LogP contribution in [0.1, 0.15) is 24.0 Å². The van der Waals surface area contributed by atoms with Crippen molar-refractivity contribution in [1.82, 2.24) is 4.90 Å². The van der Waals surface area contributed by atoms with E-state index in [4.69, 9.17) is 16.6 Å². The van der Waals surface area contributed by atoms with Crippen LogP contribution in [0.2, 0.25) is 0 Å². The second-order valence-corrected chi connectivity index (χ2v) is 6.14. The van der Waals surface area contributed by atoms with E-state index in [1.54, 1.807) is 0 Å². The van der Waals surface area contributed by atoms with E-state index in [0.29, 0.717) is 11.2 Å². The van der Waals surface area contributed by atoms with Gasteiger partial charge in [-0.05, 0) is 18.4 Å². The zero-order chi connectivity index (χ0) is 15.2. The second kappa shape index (κ2) is 7.57.